The smallest absolute Gasteiger partial charge is 0.159 e. The van der Waals surface area contributed by atoms with Crippen molar-refractivity contribution in [3.8, 4) is 0 Å². The van der Waals surface area contributed by atoms with Gasteiger partial charge in [0.2, 0.25) is 0 Å². The molecule has 3 rings (SSSR count). The Hall–Kier alpha value is -1.33. The third kappa shape index (κ3) is 2.28. The molecular weight excluding hydrogens is 304 g/mol. The number of fused-ring (bicyclic) bond motifs is 1. The predicted molar refractivity (Wildman–Crippen MR) is 88.3 cm³/mol. The lowest BCUT2D eigenvalue weighted by molar-refractivity contribution is 0.615. The summed E-state index contributed by atoms with van der Waals surface area (Å²) in [5.74, 6) is 1.32. The minimum Gasteiger partial charge on any atom is -0.304 e. The molecule has 0 aliphatic rings. The highest BCUT2D eigenvalue weighted by Gasteiger charge is 2.22. The number of hydrogen-bond donors (Lipinski definition) is 0. The van der Waals surface area contributed by atoms with E-state index < -0.39 is 0 Å². The third-order valence-electron chi connectivity index (χ3n) is 3.82. The van der Waals surface area contributed by atoms with Crippen LogP contribution in [0.25, 0.3) is 11.2 Å². The van der Waals surface area contributed by atoms with Crippen molar-refractivity contribution in [3.05, 3.63) is 33.4 Å². The van der Waals surface area contributed by atoms with Crippen LogP contribution in [0.1, 0.15) is 41.2 Å². The van der Waals surface area contributed by atoms with E-state index in [9.17, 15) is 0 Å². The van der Waals surface area contributed by atoms with Gasteiger partial charge in [0.1, 0.15) is 11.3 Å². The molecule has 0 radical (unpaired) electrons. The summed E-state index contributed by atoms with van der Waals surface area (Å²) >= 11 is 7.95. The van der Waals surface area contributed by atoms with Gasteiger partial charge >= 0.3 is 0 Å². The van der Waals surface area contributed by atoms with Crippen LogP contribution in [0.2, 0.25) is 0 Å². The zero-order chi connectivity index (χ0) is 15.1. The highest BCUT2D eigenvalue weighted by atomic mass is 35.5. The molecule has 1 unspecified atom stereocenters. The average molecular weight is 323 g/mol. The summed E-state index contributed by atoms with van der Waals surface area (Å²) in [6, 6.07) is 4.56. The summed E-state index contributed by atoms with van der Waals surface area (Å²) in [5.41, 5.74) is 3.07. The highest BCUT2D eigenvalue weighted by molar-refractivity contribution is 7.12. The number of aromatic nitrogens is 4. The molecule has 1 atom stereocenters. The number of hydrogen-bond acceptors (Lipinski definition) is 3. The van der Waals surface area contributed by atoms with E-state index in [0.717, 1.165) is 29.1 Å². The number of nitrogens with zero attached hydrogens (tertiary/aromatic N) is 4. The van der Waals surface area contributed by atoms with Gasteiger partial charge in [0.15, 0.2) is 5.65 Å². The lowest BCUT2D eigenvalue weighted by atomic mass is 10.2. The lowest BCUT2D eigenvalue weighted by Gasteiger charge is -2.15. The second kappa shape index (κ2) is 5.46. The molecular formula is C15H19ClN4S. The number of halogens is 1. The van der Waals surface area contributed by atoms with E-state index in [-0.39, 0.29) is 6.04 Å². The second-order valence-electron chi connectivity index (χ2n) is 5.25. The molecule has 112 valence electrons. The van der Waals surface area contributed by atoms with Gasteiger partial charge in [-0.25, -0.2) is 4.98 Å². The number of rotatable bonds is 4. The Labute approximate surface area is 133 Å². The van der Waals surface area contributed by atoms with E-state index in [0.29, 0.717) is 5.88 Å². The number of alkyl halides is 1. The van der Waals surface area contributed by atoms with Crippen LogP contribution in [0.15, 0.2) is 12.1 Å². The summed E-state index contributed by atoms with van der Waals surface area (Å²) in [5, 5.41) is 4.58. The Morgan fingerprint density at radius 3 is 2.71 bits per heavy atom. The first-order valence-corrected chi connectivity index (χ1v) is 8.46. The zero-order valence-electron chi connectivity index (χ0n) is 12.7. The van der Waals surface area contributed by atoms with Crippen molar-refractivity contribution in [2.24, 2.45) is 7.05 Å². The maximum absolute atomic E-state index is 6.14. The quantitative estimate of drug-likeness (QED) is 0.679. The normalized spacial score (nSPS) is 13.2. The fraction of sp³-hybridized carbons (Fsp3) is 0.467. The number of aryl methyl sites for hydroxylation is 3. The summed E-state index contributed by atoms with van der Waals surface area (Å²) in [7, 11) is 1.98. The molecule has 0 aliphatic heterocycles. The van der Waals surface area contributed by atoms with Gasteiger partial charge in [-0.1, -0.05) is 6.92 Å². The van der Waals surface area contributed by atoms with Crippen LogP contribution in [-0.2, 0) is 19.3 Å². The summed E-state index contributed by atoms with van der Waals surface area (Å²) in [6.07, 6.45) is 0.878. The van der Waals surface area contributed by atoms with Crippen molar-refractivity contribution in [1.82, 2.24) is 19.3 Å². The molecule has 0 N–H and O–H groups in total. The highest BCUT2D eigenvalue weighted by Crippen LogP contribution is 2.31. The van der Waals surface area contributed by atoms with Gasteiger partial charge in [-0.05, 0) is 32.4 Å². The maximum Gasteiger partial charge on any atom is 0.159 e. The first-order chi connectivity index (χ1) is 10.1. The Morgan fingerprint density at radius 2 is 2.14 bits per heavy atom. The first kappa shape index (κ1) is 14.6. The van der Waals surface area contributed by atoms with Gasteiger partial charge in [-0.15, -0.1) is 22.9 Å². The van der Waals surface area contributed by atoms with Crippen LogP contribution in [-0.4, -0.2) is 19.3 Å². The van der Waals surface area contributed by atoms with Crippen LogP contribution in [0.5, 0.6) is 0 Å². The molecule has 0 spiro atoms. The van der Waals surface area contributed by atoms with E-state index >= 15 is 0 Å². The van der Waals surface area contributed by atoms with Gasteiger partial charge in [0.05, 0.1) is 17.6 Å². The molecule has 0 bridgehead atoms. The second-order valence-corrected chi connectivity index (χ2v) is 6.84. The van der Waals surface area contributed by atoms with Gasteiger partial charge < -0.3 is 4.57 Å². The molecule has 3 heterocycles. The Morgan fingerprint density at radius 1 is 1.38 bits per heavy atom. The van der Waals surface area contributed by atoms with Gasteiger partial charge in [-0.3, -0.25) is 4.68 Å². The molecule has 0 aromatic carbocycles. The van der Waals surface area contributed by atoms with Crippen molar-refractivity contribution < 1.29 is 0 Å². The Balaban J connectivity index is 2.22. The van der Waals surface area contributed by atoms with Crippen molar-refractivity contribution in [2.45, 2.75) is 39.1 Å². The molecule has 3 aromatic heterocycles. The average Bonchev–Trinajstić information content (AvgIpc) is 3.13. The summed E-state index contributed by atoms with van der Waals surface area (Å²) < 4.78 is 4.15. The van der Waals surface area contributed by atoms with Crippen LogP contribution in [0.3, 0.4) is 0 Å². The fourth-order valence-electron chi connectivity index (χ4n) is 2.79. The predicted octanol–water partition coefficient (Wildman–Crippen LogP) is 4.05. The fourth-order valence-corrected chi connectivity index (χ4v) is 3.90. The number of thiophene rings is 1. The molecule has 4 nitrogen and oxygen atoms in total. The lowest BCUT2D eigenvalue weighted by Crippen LogP contribution is -2.11. The minimum atomic E-state index is 0.211. The maximum atomic E-state index is 6.14. The third-order valence-corrected chi connectivity index (χ3v) is 5.23. The molecule has 3 aromatic rings. The van der Waals surface area contributed by atoms with E-state index in [1.54, 1.807) is 0 Å². The van der Waals surface area contributed by atoms with E-state index in [2.05, 4.69) is 42.6 Å². The van der Waals surface area contributed by atoms with Gasteiger partial charge in [0.25, 0.3) is 0 Å². The topological polar surface area (TPSA) is 35.6 Å². The molecule has 0 saturated carbocycles. The molecule has 0 saturated heterocycles. The SMILES string of the molecule is CCc1nn(C)c2c1nc(CCl)n2C(C)c1ccc(C)s1. The minimum absolute atomic E-state index is 0.211. The van der Waals surface area contributed by atoms with E-state index in [1.165, 1.54) is 9.75 Å². The number of imidazole rings is 1. The van der Waals surface area contributed by atoms with E-state index in [1.807, 2.05) is 23.1 Å². The first-order valence-electron chi connectivity index (χ1n) is 7.11. The van der Waals surface area contributed by atoms with Crippen LogP contribution in [0, 0.1) is 6.92 Å². The van der Waals surface area contributed by atoms with Crippen molar-refractivity contribution in [1.29, 1.82) is 0 Å². The van der Waals surface area contributed by atoms with Crippen LogP contribution < -0.4 is 0 Å². The Bertz CT molecular complexity index is 783. The van der Waals surface area contributed by atoms with Crippen molar-refractivity contribution in [2.75, 3.05) is 0 Å². The Kier molecular flexibility index (Phi) is 3.80. The molecule has 0 amide bonds. The van der Waals surface area contributed by atoms with Crippen LogP contribution >= 0.6 is 22.9 Å². The van der Waals surface area contributed by atoms with Crippen molar-refractivity contribution in [3.63, 3.8) is 0 Å². The van der Waals surface area contributed by atoms with Crippen molar-refractivity contribution >= 4 is 34.1 Å². The van der Waals surface area contributed by atoms with E-state index in [4.69, 9.17) is 16.6 Å². The molecule has 21 heavy (non-hydrogen) atoms. The van der Waals surface area contributed by atoms with Crippen LogP contribution in [0.4, 0.5) is 0 Å². The standard InChI is InChI=1S/C15H19ClN4S/c1-5-11-14-15(19(4)18-11)20(13(8-16)17-14)10(3)12-7-6-9(2)21-12/h6-7,10H,5,8H2,1-4H3. The molecule has 0 aliphatic carbocycles. The summed E-state index contributed by atoms with van der Waals surface area (Å²) in [6.45, 7) is 6.43. The monoisotopic (exact) mass is 322 g/mol. The zero-order valence-corrected chi connectivity index (χ0v) is 14.3. The van der Waals surface area contributed by atoms with Gasteiger partial charge in [-0.2, -0.15) is 5.10 Å². The molecule has 0 fully saturated rings. The molecule has 6 heteroatoms. The van der Waals surface area contributed by atoms with Gasteiger partial charge in [0, 0.05) is 16.8 Å². The largest absolute Gasteiger partial charge is 0.304 e. The summed E-state index contributed by atoms with van der Waals surface area (Å²) in [4.78, 5) is 7.36.